The average molecular weight is 241 g/mol. The highest BCUT2D eigenvalue weighted by Crippen LogP contribution is 2.36. The van der Waals surface area contributed by atoms with Crippen LogP contribution in [-0.4, -0.2) is 4.87 Å². The van der Waals surface area contributed by atoms with Crippen LogP contribution in [0.1, 0.15) is 52.4 Å². The van der Waals surface area contributed by atoms with E-state index < -0.39 is 0 Å². The summed E-state index contributed by atoms with van der Waals surface area (Å²) in [5.74, 6) is 0. The summed E-state index contributed by atoms with van der Waals surface area (Å²) in [4.78, 5) is -0.149. The maximum Gasteiger partial charge on any atom is 0.161 e. The topological polar surface area (TPSA) is 39.2 Å². The number of hydrogen-bond donors (Lipinski definition) is 1. The molecule has 1 rings (SSSR count). The maximum atomic E-state index is 6.46. The second-order valence-corrected chi connectivity index (χ2v) is 5.73. The quantitative estimate of drug-likeness (QED) is 0.541. The van der Waals surface area contributed by atoms with Crippen LogP contribution in [0.4, 0.5) is 0 Å². The largest absolute Gasteiger partial charge is 0.458 e. The second kappa shape index (κ2) is 7.02. The zero-order valence-electron chi connectivity index (χ0n) is 10.4. The van der Waals surface area contributed by atoms with Crippen molar-refractivity contribution >= 4 is 11.8 Å². The highest BCUT2D eigenvalue weighted by atomic mass is 32.2. The number of nitrogens with two attached hydrogens (primary N) is 1. The van der Waals surface area contributed by atoms with Gasteiger partial charge in [-0.3, -0.25) is 0 Å². The van der Waals surface area contributed by atoms with E-state index >= 15 is 0 Å². The first-order valence-electron chi connectivity index (χ1n) is 6.21. The predicted octanol–water partition coefficient (Wildman–Crippen LogP) is 4.41. The van der Waals surface area contributed by atoms with Crippen molar-refractivity contribution in [3.63, 3.8) is 0 Å². The summed E-state index contributed by atoms with van der Waals surface area (Å²) >= 11 is 1.69. The van der Waals surface area contributed by atoms with Gasteiger partial charge in [0.15, 0.2) is 5.09 Å². The third-order valence-electron chi connectivity index (χ3n) is 2.71. The molecule has 3 heteroatoms. The van der Waals surface area contributed by atoms with Crippen LogP contribution in [0, 0.1) is 0 Å². The lowest BCUT2D eigenvalue weighted by Gasteiger charge is -2.27. The first-order valence-corrected chi connectivity index (χ1v) is 7.03. The summed E-state index contributed by atoms with van der Waals surface area (Å²) in [6, 6.07) is 3.91. The van der Waals surface area contributed by atoms with Crippen molar-refractivity contribution in [2.24, 2.45) is 5.73 Å². The van der Waals surface area contributed by atoms with Crippen LogP contribution in [0.3, 0.4) is 0 Å². The molecular weight excluding hydrogens is 218 g/mol. The molecule has 2 N–H and O–H groups in total. The molecule has 0 bridgehead atoms. The predicted molar refractivity (Wildman–Crippen MR) is 70.5 cm³/mol. The van der Waals surface area contributed by atoms with Gasteiger partial charge in [0, 0.05) is 0 Å². The number of unbranched alkanes of at least 4 members (excludes halogenated alkanes) is 2. The molecule has 0 amide bonds. The number of rotatable bonds is 8. The van der Waals surface area contributed by atoms with E-state index in [2.05, 4.69) is 13.8 Å². The molecule has 16 heavy (non-hydrogen) atoms. The molecular formula is C13H23NOS. The first-order chi connectivity index (χ1) is 7.70. The second-order valence-electron chi connectivity index (χ2n) is 4.31. The molecule has 0 saturated carbocycles. The normalized spacial score (nSPS) is 11.9. The van der Waals surface area contributed by atoms with E-state index in [1.807, 2.05) is 12.1 Å². The van der Waals surface area contributed by atoms with Gasteiger partial charge >= 0.3 is 0 Å². The zero-order chi connectivity index (χ0) is 11.9. The smallest absolute Gasteiger partial charge is 0.161 e. The van der Waals surface area contributed by atoms with Gasteiger partial charge in [-0.15, -0.1) is 0 Å². The average Bonchev–Trinajstić information content (AvgIpc) is 2.76. The summed E-state index contributed by atoms with van der Waals surface area (Å²) in [6.07, 6.45) is 8.61. The highest BCUT2D eigenvalue weighted by Gasteiger charge is 2.26. The Kier molecular flexibility index (Phi) is 5.99. The van der Waals surface area contributed by atoms with Crippen LogP contribution >= 0.6 is 11.8 Å². The fourth-order valence-corrected chi connectivity index (χ4v) is 2.84. The number of thioether (sulfide) groups is 1. The summed E-state index contributed by atoms with van der Waals surface area (Å²) < 4.78 is 5.37. The van der Waals surface area contributed by atoms with E-state index in [4.69, 9.17) is 10.2 Å². The molecule has 0 aromatic carbocycles. The minimum atomic E-state index is -0.149. The zero-order valence-corrected chi connectivity index (χ0v) is 11.2. The van der Waals surface area contributed by atoms with Crippen molar-refractivity contribution in [2.75, 3.05) is 0 Å². The van der Waals surface area contributed by atoms with Crippen molar-refractivity contribution in [1.82, 2.24) is 0 Å². The Hall–Kier alpha value is -0.410. The van der Waals surface area contributed by atoms with Crippen molar-refractivity contribution in [2.45, 2.75) is 62.3 Å². The molecule has 0 saturated heterocycles. The maximum absolute atomic E-state index is 6.46. The van der Waals surface area contributed by atoms with Crippen molar-refractivity contribution in [3.05, 3.63) is 18.4 Å². The van der Waals surface area contributed by atoms with E-state index in [0.29, 0.717) is 0 Å². The van der Waals surface area contributed by atoms with Crippen LogP contribution in [0.2, 0.25) is 0 Å². The van der Waals surface area contributed by atoms with Gasteiger partial charge in [-0.25, -0.2) is 0 Å². The third kappa shape index (κ3) is 4.62. The molecule has 1 aromatic heterocycles. The molecule has 0 radical (unpaired) electrons. The molecule has 0 atom stereocenters. The van der Waals surface area contributed by atoms with Crippen LogP contribution in [-0.2, 0) is 0 Å². The monoisotopic (exact) mass is 241 g/mol. The van der Waals surface area contributed by atoms with Gasteiger partial charge in [0.2, 0.25) is 0 Å². The third-order valence-corrected chi connectivity index (χ3v) is 3.95. The minimum absolute atomic E-state index is 0.149. The van der Waals surface area contributed by atoms with Gasteiger partial charge in [0.05, 0.1) is 11.1 Å². The molecule has 0 fully saturated rings. The summed E-state index contributed by atoms with van der Waals surface area (Å²) in [5.41, 5.74) is 6.46. The van der Waals surface area contributed by atoms with E-state index in [-0.39, 0.29) is 4.87 Å². The summed E-state index contributed by atoms with van der Waals surface area (Å²) in [5, 5.41) is 0.940. The highest BCUT2D eigenvalue weighted by molar-refractivity contribution is 8.00. The lowest BCUT2D eigenvalue weighted by Crippen LogP contribution is -2.35. The standard InChI is InChI=1S/C13H23NOS/c1-3-5-9-13(14,10-6-4-2)16-12-8-7-11-15-12/h7-8,11H,3-6,9-10,14H2,1-2H3. The van der Waals surface area contributed by atoms with Crippen molar-refractivity contribution in [3.8, 4) is 0 Å². The Labute approximate surface area is 103 Å². The number of furan rings is 1. The van der Waals surface area contributed by atoms with Crippen molar-refractivity contribution < 1.29 is 4.42 Å². The van der Waals surface area contributed by atoms with Gasteiger partial charge in [-0.05, 0) is 25.0 Å². The van der Waals surface area contributed by atoms with Gasteiger partial charge in [0.25, 0.3) is 0 Å². The van der Waals surface area contributed by atoms with Gasteiger partial charge < -0.3 is 10.2 Å². The lowest BCUT2D eigenvalue weighted by atomic mass is 10.0. The van der Waals surface area contributed by atoms with E-state index in [1.54, 1.807) is 18.0 Å². The summed E-state index contributed by atoms with van der Waals surface area (Å²) in [7, 11) is 0. The van der Waals surface area contributed by atoms with E-state index in [9.17, 15) is 0 Å². The van der Waals surface area contributed by atoms with Crippen LogP contribution < -0.4 is 5.73 Å². The lowest BCUT2D eigenvalue weighted by molar-refractivity contribution is 0.449. The van der Waals surface area contributed by atoms with E-state index in [1.165, 1.54) is 25.7 Å². The molecule has 2 nitrogen and oxygen atoms in total. The van der Waals surface area contributed by atoms with Crippen LogP contribution in [0.15, 0.2) is 27.9 Å². The summed E-state index contributed by atoms with van der Waals surface area (Å²) in [6.45, 7) is 4.41. The Morgan fingerprint density at radius 1 is 1.25 bits per heavy atom. The van der Waals surface area contributed by atoms with Crippen LogP contribution in [0.5, 0.6) is 0 Å². The molecule has 0 aliphatic carbocycles. The Morgan fingerprint density at radius 2 is 1.88 bits per heavy atom. The molecule has 0 spiro atoms. The van der Waals surface area contributed by atoms with Gasteiger partial charge in [-0.2, -0.15) is 0 Å². The molecule has 92 valence electrons. The molecule has 0 aliphatic rings. The van der Waals surface area contributed by atoms with Crippen molar-refractivity contribution in [1.29, 1.82) is 0 Å². The molecule has 0 unspecified atom stereocenters. The Balaban J connectivity index is 2.54. The molecule has 0 aliphatic heterocycles. The fourth-order valence-electron chi connectivity index (χ4n) is 1.70. The number of hydrogen-bond acceptors (Lipinski definition) is 3. The van der Waals surface area contributed by atoms with E-state index in [0.717, 1.165) is 17.9 Å². The molecule has 1 heterocycles. The SMILES string of the molecule is CCCCC(N)(CCCC)Sc1ccco1. The van der Waals surface area contributed by atoms with Crippen LogP contribution in [0.25, 0.3) is 0 Å². The fraction of sp³-hybridized carbons (Fsp3) is 0.692. The minimum Gasteiger partial charge on any atom is -0.458 e. The first kappa shape index (κ1) is 13.7. The molecule has 1 aromatic rings. The Bertz CT molecular complexity index is 263. The Morgan fingerprint density at radius 3 is 2.31 bits per heavy atom. The van der Waals surface area contributed by atoms with Gasteiger partial charge in [-0.1, -0.05) is 51.3 Å². The van der Waals surface area contributed by atoms with Gasteiger partial charge in [0.1, 0.15) is 0 Å².